The van der Waals surface area contributed by atoms with Crippen molar-refractivity contribution in [2.24, 2.45) is 10.9 Å². The summed E-state index contributed by atoms with van der Waals surface area (Å²) in [5.41, 5.74) is 0. The molecule has 1 aliphatic heterocycles. The lowest BCUT2D eigenvalue weighted by Crippen LogP contribution is -2.48. The minimum absolute atomic E-state index is 0.0918. The fourth-order valence-corrected chi connectivity index (χ4v) is 2.87. The summed E-state index contributed by atoms with van der Waals surface area (Å²) in [4.78, 5) is 29.8. The summed E-state index contributed by atoms with van der Waals surface area (Å²) < 4.78 is 5.18. The van der Waals surface area contributed by atoms with Crippen LogP contribution in [0.25, 0.3) is 0 Å². The molecule has 0 atom stereocenters. The number of nitrogens with one attached hydrogen (secondary N) is 3. The molecule has 0 bridgehead atoms. The van der Waals surface area contributed by atoms with E-state index in [9.17, 15) is 9.59 Å². The number of carbonyl (C=O) groups is 2. The number of carbonyl (C=O) groups excluding carboxylic acids is 2. The van der Waals surface area contributed by atoms with Gasteiger partial charge in [0.25, 0.3) is 0 Å². The van der Waals surface area contributed by atoms with E-state index in [1.807, 2.05) is 6.07 Å². The Balaban J connectivity index is 1.70. The van der Waals surface area contributed by atoms with Crippen LogP contribution in [0.4, 0.5) is 0 Å². The van der Waals surface area contributed by atoms with Crippen LogP contribution in [0.5, 0.6) is 0 Å². The van der Waals surface area contributed by atoms with E-state index in [4.69, 9.17) is 4.42 Å². The fourth-order valence-electron chi connectivity index (χ4n) is 2.87. The van der Waals surface area contributed by atoms with Crippen molar-refractivity contribution in [3.8, 4) is 0 Å². The number of amides is 2. The van der Waals surface area contributed by atoms with Crippen LogP contribution >= 0.6 is 0 Å². The first-order valence-electron chi connectivity index (χ1n) is 8.57. The van der Waals surface area contributed by atoms with E-state index in [-0.39, 0.29) is 18.4 Å². The number of piperidine rings is 1. The smallest absolute Gasteiger partial charge is 0.239 e. The number of hydrogen-bond donors (Lipinski definition) is 3. The molecule has 138 valence electrons. The van der Waals surface area contributed by atoms with E-state index in [0.29, 0.717) is 24.8 Å². The average Bonchev–Trinajstić information content (AvgIpc) is 3.15. The van der Waals surface area contributed by atoms with Gasteiger partial charge in [-0.25, -0.2) is 0 Å². The van der Waals surface area contributed by atoms with Crippen molar-refractivity contribution in [3.63, 3.8) is 0 Å². The summed E-state index contributed by atoms with van der Waals surface area (Å²) in [6.07, 6.45) is 4.04. The Kier molecular flexibility index (Phi) is 7.31. The summed E-state index contributed by atoms with van der Waals surface area (Å²) >= 11 is 0. The topological polar surface area (TPSA) is 99.0 Å². The maximum absolute atomic E-state index is 11.9. The van der Waals surface area contributed by atoms with Gasteiger partial charge in [-0.3, -0.25) is 14.6 Å². The van der Waals surface area contributed by atoms with Crippen molar-refractivity contribution < 1.29 is 14.0 Å². The first-order chi connectivity index (χ1) is 12.1. The lowest BCUT2D eigenvalue weighted by Gasteiger charge is -2.33. The quantitative estimate of drug-likeness (QED) is 0.507. The second-order valence-corrected chi connectivity index (χ2v) is 6.06. The van der Waals surface area contributed by atoms with Gasteiger partial charge in [-0.05, 0) is 30.9 Å². The second-order valence-electron chi connectivity index (χ2n) is 6.06. The van der Waals surface area contributed by atoms with Crippen molar-refractivity contribution in [2.75, 3.05) is 33.7 Å². The Morgan fingerprint density at radius 2 is 2.04 bits per heavy atom. The molecule has 0 aromatic carbocycles. The third-order valence-electron chi connectivity index (χ3n) is 4.33. The van der Waals surface area contributed by atoms with Gasteiger partial charge in [0.1, 0.15) is 5.76 Å². The van der Waals surface area contributed by atoms with Crippen LogP contribution in [0.1, 0.15) is 25.0 Å². The zero-order valence-electron chi connectivity index (χ0n) is 14.9. The van der Waals surface area contributed by atoms with Gasteiger partial charge in [-0.15, -0.1) is 0 Å². The van der Waals surface area contributed by atoms with Gasteiger partial charge in [0.15, 0.2) is 5.96 Å². The Bertz CT molecular complexity index is 577. The minimum Gasteiger partial charge on any atom is -0.467 e. The first kappa shape index (κ1) is 18.8. The lowest BCUT2D eigenvalue weighted by molar-refractivity contribution is -0.122. The molecular formula is C17H27N5O3. The number of aliphatic imine (C=N–C) groups is 1. The number of likely N-dealkylation sites (tertiary alicyclic amines) is 1. The Morgan fingerprint density at radius 3 is 2.64 bits per heavy atom. The molecule has 1 aliphatic rings. The molecule has 8 heteroatoms. The highest BCUT2D eigenvalue weighted by atomic mass is 16.3. The number of guanidine groups is 1. The van der Waals surface area contributed by atoms with Crippen LogP contribution < -0.4 is 16.0 Å². The normalized spacial score (nSPS) is 15.8. The molecular weight excluding hydrogens is 322 g/mol. The van der Waals surface area contributed by atoms with Crippen molar-refractivity contribution in [3.05, 3.63) is 24.2 Å². The van der Waals surface area contributed by atoms with Gasteiger partial charge in [0.2, 0.25) is 11.8 Å². The van der Waals surface area contributed by atoms with Gasteiger partial charge in [0.05, 0.1) is 19.4 Å². The molecule has 2 rings (SSSR count). The van der Waals surface area contributed by atoms with Crippen LogP contribution in [-0.4, -0.2) is 56.4 Å². The maximum Gasteiger partial charge on any atom is 0.239 e. The molecule has 2 amide bonds. The van der Waals surface area contributed by atoms with Gasteiger partial charge in [-0.2, -0.15) is 0 Å². The molecule has 2 heterocycles. The van der Waals surface area contributed by atoms with E-state index >= 15 is 0 Å². The van der Waals surface area contributed by atoms with E-state index < -0.39 is 0 Å². The van der Waals surface area contributed by atoms with Gasteiger partial charge in [-0.1, -0.05) is 0 Å². The van der Waals surface area contributed by atoms with Crippen LogP contribution in [0.2, 0.25) is 0 Å². The molecule has 25 heavy (non-hydrogen) atoms. The van der Waals surface area contributed by atoms with Gasteiger partial charge >= 0.3 is 0 Å². The van der Waals surface area contributed by atoms with E-state index in [1.165, 1.54) is 0 Å². The standard InChI is InChI=1S/C17H27N5O3/c1-18-15(23)10-13-5-7-22(8-6-13)17(19-2)21-12-16(24)20-11-14-4-3-9-25-14/h3-4,9,13H,5-8,10-12H2,1-2H3,(H,18,23)(H,19,21)(H,20,24). The largest absolute Gasteiger partial charge is 0.467 e. The van der Waals surface area contributed by atoms with Crippen molar-refractivity contribution >= 4 is 17.8 Å². The maximum atomic E-state index is 11.9. The molecule has 0 radical (unpaired) electrons. The highest BCUT2D eigenvalue weighted by Crippen LogP contribution is 2.20. The lowest BCUT2D eigenvalue weighted by atomic mass is 9.93. The summed E-state index contributed by atoms with van der Waals surface area (Å²) in [5, 5.41) is 8.55. The van der Waals surface area contributed by atoms with Crippen molar-refractivity contribution in [1.29, 1.82) is 0 Å². The molecule has 8 nitrogen and oxygen atoms in total. The van der Waals surface area contributed by atoms with Crippen LogP contribution in [0.3, 0.4) is 0 Å². The molecule has 0 aliphatic carbocycles. The monoisotopic (exact) mass is 349 g/mol. The fraction of sp³-hybridized carbons (Fsp3) is 0.588. The Morgan fingerprint density at radius 1 is 1.28 bits per heavy atom. The van der Waals surface area contributed by atoms with E-state index in [2.05, 4.69) is 25.8 Å². The summed E-state index contributed by atoms with van der Waals surface area (Å²) in [5.74, 6) is 1.81. The van der Waals surface area contributed by atoms with Crippen LogP contribution in [0, 0.1) is 5.92 Å². The average molecular weight is 349 g/mol. The highest BCUT2D eigenvalue weighted by Gasteiger charge is 2.23. The number of rotatable bonds is 6. The summed E-state index contributed by atoms with van der Waals surface area (Å²) in [6.45, 7) is 2.19. The first-order valence-corrected chi connectivity index (χ1v) is 8.57. The molecule has 1 saturated heterocycles. The van der Waals surface area contributed by atoms with Crippen LogP contribution in [0.15, 0.2) is 27.8 Å². The third-order valence-corrected chi connectivity index (χ3v) is 4.33. The predicted octanol–water partition coefficient (Wildman–Crippen LogP) is 0.319. The summed E-state index contributed by atoms with van der Waals surface area (Å²) in [7, 11) is 3.37. The highest BCUT2D eigenvalue weighted by molar-refractivity contribution is 5.86. The predicted molar refractivity (Wildman–Crippen MR) is 94.9 cm³/mol. The molecule has 0 saturated carbocycles. The van der Waals surface area contributed by atoms with E-state index in [1.54, 1.807) is 26.4 Å². The zero-order chi connectivity index (χ0) is 18.1. The molecule has 0 spiro atoms. The molecule has 1 aromatic heterocycles. The zero-order valence-corrected chi connectivity index (χ0v) is 14.9. The molecule has 0 unspecified atom stereocenters. The minimum atomic E-state index is -0.118. The molecule has 1 aromatic rings. The number of nitrogens with zero attached hydrogens (tertiary/aromatic N) is 2. The Labute approximate surface area is 148 Å². The van der Waals surface area contributed by atoms with Gasteiger partial charge in [0, 0.05) is 33.6 Å². The summed E-state index contributed by atoms with van der Waals surface area (Å²) in [6, 6.07) is 3.60. The van der Waals surface area contributed by atoms with Gasteiger partial charge < -0.3 is 25.3 Å². The molecule has 1 fully saturated rings. The third kappa shape index (κ3) is 6.13. The van der Waals surface area contributed by atoms with Crippen molar-refractivity contribution in [1.82, 2.24) is 20.9 Å². The Hall–Kier alpha value is -2.51. The second kappa shape index (κ2) is 9.71. The number of furan rings is 1. The van der Waals surface area contributed by atoms with Crippen molar-refractivity contribution in [2.45, 2.75) is 25.8 Å². The SMILES string of the molecule is CN=C(NCC(=O)NCc1ccco1)N1CCC(CC(=O)NC)CC1. The number of hydrogen-bond acceptors (Lipinski definition) is 4. The molecule has 3 N–H and O–H groups in total. The van der Waals surface area contributed by atoms with Crippen LogP contribution in [-0.2, 0) is 16.1 Å². The van der Waals surface area contributed by atoms with E-state index in [0.717, 1.165) is 31.7 Å².